The Bertz CT molecular complexity index is 1260. The molecule has 0 aliphatic carbocycles. The minimum Gasteiger partial charge on any atom is -0.394 e. The van der Waals surface area contributed by atoms with Gasteiger partial charge in [-0.1, -0.05) is 244 Å². The maximum absolute atomic E-state index is 13.2. The van der Waals surface area contributed by atoms with E-state index in [0.717, 1.165) is 38.5 Å². The highest BCUT2D eigenvalue weighted by Gasteiger charge is 2.51. The summed E-state index contributed by atoms with van der Waals surface area (Å²) in [7, 11) is 0. The number of hydrogen-bond acceptors (Lipinski definition) is 13. The van der Waals surface area contributed by atoms with Crippen molar-refractivity contribution in [2.24, 2.45) is 0 Å². The zero-order valence-electron chi connectivity index (χ0n) is 45.7. The van der Waals surface area contributed by atoms with Crippen molar-refractivity contribution < 1.29 is 64.6 Å². The van der Waals surface area contributed by atoms with Crippen LogP contribution in [0.4, 0.5) is 0 Å². The van der Waals surface area contributed by atoms with Gasteiger partial charge in [0, 0.05) is 6.42 Å². The zero-order chi connectivity index (χ0) is 52.4. The molecule has 0 aromatic carbocycles. The third-order valence-corrected chi connectivity index (χ3v) is 15.0. The van der Waals surface area contributed by atoms with Gasteiger partial charge in [-0.3, -0.25) is 4.79 Å². The molecule has 72 heavy (non-hydrogen) atoms. The van der Waals surface area contributed by atoms with Gasteiger partial charge < -0.3 is 65.1 Å². The molecule has 4 unspecified atom stereocenters. The molecule has 2 heterocycles. The number of ether oxygens (including phenoxy) is 4. The molecular weight excluding hydrogens is 919 g/mol. The van der Waals surface area contributed by atoms with Gasteiger partial charge in [0.2, 0.25) is 5.91 Å². The molecule has 0 bridgehead atoms. The molecule has 2 aliphatic heterocycles. The highest BCUT2D eigenvalue weighted by atomic mass is 16.7. The van der Waals surface area contributed by atoms with Crippen molar-refractivity contribution in [1.29, 1.82) is 0 Å². The van der Waals surface area contributed by atoms with E-state index in [1.54, 1.807) is 6.08 Å². The Morgan fingerprint density at radius 3 is 1.28 bits per heavy atom. The summed E-state index contributed by atoms with van der Waals surface area (Å²) < 4.78 is 22.8. The first-order valence-electron chi connectivity index (χ1n) is 29.9. The van der Waals surface area contributed by atoms with E-state index < -0.39 is 86.8 Å². The molecule has 1 amide bonds. The summed E-state index contributed by atoms with van der Waals surface area (Å²) in [5, 5.41) is 87.0. The van der Waals surface area contributed by atoms with Gasteiger partial charge in [-0.25, -0.2) is 0 Å². The monoisotopic (exact) mass is 1030 g/mol. The smallest absolute Gasteiger partial charge is 0.220 e. The van der Waals surface area contributed by atoms with Crippen molar-refractivity contribution in [2.75, 3.05) is 19.8 Å². The Balaban J connectivity index is 1.71. The second-order valence-electron chi connectivity index (χ2n) is 21.5. The Kier molecular flexibility index (Phi) is 41.6. The lowest BCUT2D eigenvalue weighted by molar-refractivity contribution is -0.359. The van der Waals surface area contributed by atoms with Gasteiger partial charge >= 0.3 is 0 Å². The molecule has 2 fully saturated rings. The Morgan fingerprint density at radius 1 is 0.486 bits per heavy atom. The fraction of sp³-hybridized carbons (Fsp3) is 0.948. The number of carbonyl (C=O) groups excluding carboxylic acids is 1. The van der Waals surface area contributed by atoms with Crippen LogP contribution in [-0.4, -0.2) is 140 Å². The first kappa shape index (κ1) is 66.8. The van der Waals surface area contributed by atoms with Crippen LogP contribution in [0, 0.1) is 0 Å². The molecule has 426 valence electrons. The number of carbonyl (C=O) groups is 1. The summed E-state index contributed by atoms with van der Waals surface area (Å²) >= 11 is 0. The largest absolute Gasteiger partial charge is 0.394 e. The zero-order valence-corrected chi connectivity index (χ0v) is 45.7. The SMILES string of the molecule is CCCCCCCCCCCCC/C=C/[C@@H](O)[C@H](CO[C@@H]1O[C@H](CO)[C@@H](O[C@@H]2O[C@H](CO)[C@H](O)C(O)C2O)C(O)C1O)NC(=O)CCCCCCCCCCCCCCCCCCCCCCCCCCC. The van der Waals surface area contributed by atoms with Gasteiger partial charge in [0.25, 0.3) is 0 Å². The molecule has 2 aliphatic rings. The third kappa shape index (κ3) is 30.5. The molecule has 14 heteroatoms. The van der Waals surface area contributed by atoms with Crippen molar-refractivity contribution in [1.82, 2.24) is 5.32 Å². The standard InChI is InChI=1S/C58H111NO13/c1-3-5-7-9-11-13-15-17-18-19-20-21-22-23-24-25-26-27-28-30-32-34-36-38-40-42-50(63)59-46(47(62)41-39-37-35-33-31-29-16-14-12-10-8-6-4-2)45-69-57-55(68)53(66)56(49(44-61)71-57)72-58-54(67)52(65)51(64)48(43-60)70-58/h39,41,46-49,51-58,60-62,64-68H,3-38,40,42-45H2,1-2H3,(H,59,63)/b41-39+/t46-,47+,48+,49+,51-,52?,53?,54?,55?,56+,57+,58-/m0/s1. The predicted molar refractivity (Wildman–Crippen MR) is 286 cm³/mol. The summed E-state index contributed by atoms with van der Waals surface area (Å²) in [5.74, 6) is -0.234. The fourth-order valence-electron chi connectivity index (χ4n) is 10.1. The van der Waals surface area contributed by atoms with Crippen molar-refractivity contribution >= 4 is 5.91 Å². The van der Waals surface area contributed by atoms with E-state index in [9.17, 15) is 45.6 Å². The summed E-state index contributed by atoms with van der Waals surface area (Å²) in [4.78, 5) is 13.2. The predicted octanol–water partition coefficient (Wildman–Crippen LogP) is 9.89. The molecule has 14 nitrogen and oxygen atoms in total. The maximum Gasteiger partial charge on any atom is 0.220 e. The van der Waals surface area contributed by atoms with E-state index in [-0.39, 0.29) is 18.9 Å². The Morgan fingerprint density at radius 2 is 0.861 bits per heavy atom. The molecule has 12 atom stereocenters. The highest BCUT2D eigenvalue weighted by Crippen LogP contribution is 2.30. The number of nitrogens with one attached hydrogen (secondary N) is 1. The normalized spacial score (nSPS) is 25.6. The second-order valence-corrected chi connectivity index (χ2v) is 21.5. The number of unbranched alkanes of at least 4 members (excludes halogenated alkanes) is 35. The topological polar surface area (TPSA) is 228 Å². The molecule has 0 radical (unpaired) electrons. The van der Waals surface area contributed by atoms with Gasteiger partial charge in [-0.15, -0.1) is 0 Å². The van der Waals surface area contributed by atoms with Crippen LogP contribution < -0.4 is 5.32 Å². The first-order chi connectivity index (χ1) is 35.1. The number of amides is 1. The van der Waals surface area contributed by atoms with Crippen LogP contribution in [0.15, 0.2) is 12.2 Å². The number of rotatable bonds is 48. The van der Waals surface area contributed by atoms with Gasteiger partial charge in [0.15, 0.2) is 12.6 Å². The van der Waals surface area contributed by atoms with Crippen LogP contribution in [0.25, 0.3) is 0 Å². The van der Waals surface area contributed by atoms with E-state index in [1.165, 1.54) is 193 Å². The summed E-state index contributed by atoms with van der Waals surface area (Å²) in [6, 6.07) is -0.908. The van der Waals surface area contributed by atoms with Crippen molar-refractivity contribution in [2.45, 2.75) is 331 Å². The van der Waals surface area contributed by atoms with Gasteiger partial charge in [-0.2, -0.15) is 0 Å². The molecule has 2 rings (SSSR count). The second kappa shape index (κ2) is 44.8. The third-order valence-electron chi connectivity index (χ3n) is 15.0. The van der Waals surface area contributed by atoms with Crippen molar-refractivity contribution in [3.8, 4) is 0 Å². The molecule has 0 aromatic heterocycles. The van der Waals surface area contributed by atoms with Crippen LogP contribution >= 0.6 is 0 Å². The summed E-state index contributed by atoms with van der Waals surface area (Å²) in [6.45, 7) is 2.82. The van der Waals surface area contributed by atoms with Gasteiger partial charge in [-0.05, 0) is 19.3 Å². The van der Waals surface area contributed by atoms with Crippen molar-refractivity contribution in [3.63, 3.8) is 0 Å². The molecule has 2 saturated heterocycles. The Labute approximate surface area is 437 Å². The molecule has 9 N–H and O–H groups in total. The van der Waals surface area contributed by atoms with E-state index in [2.05, 4.69) is 19.2 Å². The van der Waals surface area contributed by atoms with Crippen LogP contribution in [-0.2, 0) is 23.7 Å². The van der Waals surface area contributed by atoms with Crippen LogP contribution in [0.2, 0.25) is 0 Å². The fourth-order valence-corrected chi connectivity index (χ4v) is 10.1. The van der Waals surface area contributed by atoms with Crippen LogP contribution in [0.5, 0.6) is 0 Å². The Hall–Kier alpha value is -1.27. The van der Waals surface area contributed by atoms with E-state index in [0.29, 0.717) is 6.42 Å². The molecule has 0 aromatic rings. The van der Waals surface area contributed by atoms with Crippen molar-refractivity contribution in [3.05, 3.63) is 12.2 Å². The minimum atomic E-state index is -1.78. The van der Waals surface area contributed by atoms with Gasteiger partial charge in [0.1, 0.15) is 48.8 Å². The highest BCUT2D eigenvalue weighted by molar-refractivity contribution is 5.76. The molecule has 0 saturated carbocycles. The number of aliphatic hydroxyl groups is 8. The quantitative estimate of drug-likeness (QED) is 0.0205. The minimum absolute atomic E-state index is 0.234. The lowest BCUT2D eigenvalue weighted by Crippen LogP contribution is -2.65. The van der Waals surface area contributed by atoms with Crippen LogP contribution in [0.3, 0.4) is 0 Å². The summed E-state index contributed by atoms with van der Waals surface area (Å²) in [6.07, 6.45) is 34.0. The molecule has 0 spiro atoms. The molecular formula is C58H111NO13. The van der Waals surface area contributed by atoms with Crippen LogP contribution in [0.1, 0.15) is 258 Å². The lowest BCUT2D eigenvalue weighted by atomic mass is 9.97. The van der Waals surface area contributed by atoms with E-state index in [4.69, 9.17) is 18.9 Å². The first-order valence-corrected chi connectivity index (χ1v) is 29.9. The lowest BCUT2D eigenvalue weighted by Gasteiger charge is -2.46. The van der Waals surface area contributed by atoms with Gasteiger partial charge in [0.05, 0.1) is 32.0 Å². The maximum atomic E-state index is 13.2. The summed E-state index contributed by atoms with van der Waals surface area (Å²) in [5.41, 5.74) is 0. The number of allylic oxidation sites excluding steroid dienone is 1. The number of aliphatic hydroxyl groups excluding tert-OH is 8. The number of hydrogen-bond donors (Lipinski definition) is 9. The van der Waals surface area contributed by atoms with E-state index >= 15 is 0 Å². The average molecular weight is 1030 g/mol. The van der Waals surface area contributed by atoms with E-state index in [1.807, 2.05) is 6.08 Å². The average Bonchev–Trinajstić information content (AvgIpc) is 3.38.